The lowest BCUT2D eigenvalue weighted by Crippen LogP contribution is -2.15. The van der Waals surface area contributed by atoms with Crippen LogP contribution in [0.1, 0.15) is 16.3 Å². The first kappa shape index (κ1) is 21.3. The maximum atomic E-state index is 13.8. The van der Waals surface area contributed by atoms with Crippen molar-refractivity contribution in [3.63, 3.8) is 0 Å². The first-order chi connectivity index (χ1) is 16.3. The summed E-state index contributed by atoms with van der Waals surface area (Å²) >= 11 is 0. The molecule has 0 fully saturated rings. The van der Waals surface area contributed by atoms with E-state index in [0.29, 0.717) is 0 Å². The standard InChI is InChI=1S/C25H13F3O6/c26-25(27,28)23-22(32-16-8-7-14-4-1-2-5-15(14)12-16)21(29)18-10-9-17(13-20(18)34-23)33-24(30)19-6-3-11-31-19/h1-13H. The highest BCUT2D eigenvalue weighted by Crippen LogP contribution is 2.39. The van der Waals surface area contributed by atoms with Crippen LogP contribution < -0.4 is 14.9 Å². The van der Waals surface area contributed by atoms with Crippen LogP contribution >= 0.6 is 0 Å². The van der Waals surface area contributed by atoms with Crippen molar-refractivity contribution in [2.24, 2.45) is 0 Å². The summed E-state index contributed by atoms with van der Waals surface area (Å²) in [7, 11) is 0. The third kappa shape index (κ3) is 3.99. The van der Waals surface area contributed by atoms with E-state index < -0.39 is 34.7 Å². The fourth-order valence-corrected chi connectivity index (χ4v) is 3.40. The van der Waals surface area contributed by atoms with E-state index >= 15 is 0 Å². The van der Waals surface area contributed by atoms with Crippen LogP contribution in [0, 0.1) is 0 Å². The fraction of sp³-hybridized carbons (Fsp3) is 0.0400. The minimum atomic E-state index is -5.03. The minimum Gasteiger partial charge on any atom is -0.457 e. The molecule has 34 heavy (non-hydrogen) atoms. The number of alkyl halides is 3. The molecule has 0 saturated carbocycles. The van der Waals surface area contributed by atoms with Crippen LogP contribution in [0.2, 0.25) is 0 Å². The van der Waals surface area contributed by atoms with Gasteiger partial charge in [-0.05, 0) is 47.2 Å². The number of benzene rings is 3. The molecule has 0 N–H and O–H groups in total. The topological polar surface area (TPSA) is 78.9 Å². The monoisotopic (exact) mass is 466 g/mol. The molecule has 0 aliphatic rings. The summed E-state index contributed by atoms with van der Waals surface area (Å²) < 4.78 is 61.9. The number of rotatable bonds is 4. The van der Waals surface area contributed by atoms with Crippen LogP contribution in [0.4, 0.5) is 13.2 Å². The van der Waals surface area contributed by atoms with Crippen LogP contribution in [0.25, 0.3) is 21.7 Å². The third-order valence-corrected chi connectivity index (χ3v) is 4.95. The molecule has 9 heteroatoms. The molecule has 170 valence electrons. The molecular formula is C25H13F3O6. The normalized spacial score (nSPS) is 11.6. The maximum absolute atomic E-state index is 13.8. The van der Waals surface area contributed by atoms with E-state index in [1.165, 1.54) is 42.7 Å². The summed E-state index contributed by atoms with van der Waals surface area (Å²) in [6, 6.07) is 18.2. The molecular weight excluding hydrogens is 453 g/mol. The summed E-state index contributed by atoms with van der Waals surface area (Å²) in [6.45, 7) is 0. The first-order valence-corrected chi connectivity index (χ1v) is 9.90. The number of esters is 1. The molecule has 0 amide bonds. The van der Waals surface area contributed by atoms with Crippen molar-refractivity contribution >= 4 is 27.7 Å². The fourth-order valence-electron chi connectivity index (χ4n) is 3.40. The van der Waals surface area contributed by atoms with E-state index in [-0.39, 0.29) is 22.6 Å². The van der Waals surface area contributed by atoms with Crippen molar-refractivity contribution in [1.82, 2.24) is 0 Å². The van der Waals surface area contributed by atoms with Gasteiger partial charge in [-0.3, -0.25) is 4.79 Å². The Balaban J connectivity index is 1.57. The Morgan fingerprint density at radius 1 is 0.853 bits per heavy atom. The van der Waals surface area contributed by atoms with Gasteiger partial charge in [-0.15, -0.1) is 0 Å². The van der Waals surface area contributed by atoms with Crippen LogP contribution in [0.3, 0.4) is 0 Å². The quantitative estimate of drug-likeness (QED) is 0.220. The average molecular weight is 466 g/mol. The molecule has 0 unspecified atom stereocenters. The van der Waals surface area contributed by atoms with Gasteiger partial charge in [0.25, 0.3) is 5.76 Å². The van der Waals surface area contributed by atoms with Gasteiger partial charge in [0.1, 0.15) is 17.1 Å². The molecule has 0 atom stereocenters. The summed E-state index contributed by atoms with van der Waals surface area (Å²) in [6.07, 6.45) is -3.76. The Labute approximate surface area is 188 Å². The van der Waals surface area contributed by atoms with Gasteiger partial charge in [-0.2, -0.15) is 13.2 Å². The number of carbonyl (C=O) groups is 1. The highest BCUT2D eigenvalue weighted by atomic mass is 19.4. The Kier molecular flexibility index (Phi) is 5.09. The maximum Gasteiger partial charge on any atom is 0.453 e. The van der Waals surface area contributed by atoms with Crippen LogP contribution in [0.15, 0.2) is 92.7 Å². The second-order valence-electron chi connectivity index (χ2n) is 7.22. The zero-order valence-electron chi connectivity index (χ0n) is 17.1. The Bertz CT molecular complexity index is 1580. The van der Waals surface area contributed by atoms with Gasteiger partial charge in [0.05, 0.1) is 11.6 Å². The van der Waals surface area contributed by atoms with Gasteiger partial charge in [0, 0.05) is 6.07 Å². The van der Waals surface area contributed by atoms with Gasteiger partial charge in [0.2, 0.25) is 16.9 Å². The van der Waals surface area contributed by atoms with E-state index in [9.17, 15) is 22.8 Å². The minimum absolute atomic E-state index is 0.0415. The molecule has 0 saturated heterocycles. The molecule has 5 rings (SSSR count). The number of furan rings is 1. The van der Waals surface area contributed by atoms with Gasteiger partial charge >= 0.3 is 12.1 Å². The summed E-state index contributed by atoms with van der Waals surface area (Å²) in [5, 5.41) is 1.40. The van der Waals surface area contributed by atoms with Gasteiger partial charge in [-0.1, -0.05) is 30.3 Å². The molecule has 2 aromatic heterocycles. The molecule has 0 aliphatic carbocycles. The smallest absolute Gasteiger partial charge is 0.453 e. The Hall–Kier alpha value is -4.53. The van der Waals surface area contributed by atoms with Crippen molar-refractivity contribution in [3.8, 4) is 17.2 Å². The summed E-state index contributed by atoms with van der Waals surface area (Å²) in [5.74, 6) is -3.65. The number of hydrogen-bond acceptors (Lipinski definition) is 6. The summed E-state index contributed by atoms with van der Waals surface area (Å²) in [4.78, 5) is 25.0. The van der Waals surface area contributed by atoms with Crippen molar-refractivity contribution < 1.29 is 36.3 Å². The molecule has 2 heterocycles. The number of fused-ring (bicyclic) bond motifs is 2. The zero-order chi connectivity index (χ0) is 23.9. The molecule has 0 spiro atoms. The molecule has 0 aliphatic heterocycles. The zero-order valence-corrected chi connectivity index (χ0v) is 17.1. The predicted molar refractivity (Wildman–Crippen MR) is 115 cm³/mol. The largest absolute Gasteiger partial charge is 0.457 e. The lowest BCUT2D eigenvalue weighted by molar-refractivity contribution is -0.154. The average Bonchev–Trinajstić information content (AvgIpc) is 3.35. The number of ether oxygens (including phenoxy) is 2. The number of hydrogen-bond donors (Lipinski definition) is 0. The molecule has 6 nitrogen and oxygen atoms in total. The van der Waals surface area contributed by atoms with Crippen LogP contribution in [-0.4, -0.2) is 5.97 Å². The van der Waals surface area contributed by atoms with Gasteiger partial charge in [-0.25, -0.2) is 4.79 Å². The Morgan fingerprint density at radius 2 is 1.62 bits per heavy atom. The van der Waals surface area contributed by atoms with Crippen molar-refractivity contribution in [2.75, 3.05) is 0 Å². The summed E-state index contributed by atoms with van der Waals surface area (Å²) in [5.41, 5.74) is -1.45. The first-order valence-electron chi connectivity index (χ1n) is 9.90. The highest BCUT2D eigenvalue weighted by molar-refractivity contribution is 5.89. The predicted octanol–water partition coefficient (Wildman–Crippen LogP) is 6.57. The van der Waals surface area contributed by atoms with E-state index in [1.807, 2.05) is 12.1 Å². The molecule has 0 bridgehead atoms. The van der Waals surface area contributed by atoms with Crippen LogP contribution in [0.5, 0.6) is 17.2 Å². The van der Waals surface area contributed by atoms with Crippen LogP contribution in [-0.2, 0) is 6.18 Å². The highest BCUT2D eigenvalue weighted by Gasteiger charge is 2.40. The lowest BCUT2D eigenvalue weighted by atomic mass is 10.1. The van der Waals surface area contributed by atoms with Crippen molar-refractivity contribution in [2.45, 2.75) is 6.18 Å². The molecule has 5 aromatic rings. The number of halogens is 3. The van der Waals surface area contributed by atoms with Crippen molar-refractivity contribution in [1.29, 1.82) is 0 Å². The number of carbonyl (C=O) groups excluding carboxylic acids is 1. The second-order valence-corrected chi connectivity index (χ2v) is 7.22. The molecule has 0 radical (unpaired) electrons. The Morgan fingerprint density at radius 3 is 2.35 bits per heavy atom. The van der Waals surface area contributed by atoms with E-state index in [0.717, 1.165) is 16.8 Å². The van der Waals surface area contributed by atoms with E-state index in [1.54, 1.807) is 18.2 Å². The second kappa shape index (κ2) is 8.11. The van der Waals surface area contributed by atoms with Crippen molar-refractivity contribution in [3.05, 3.63) is 101 Å². The van der Waals surface area contributed by atoms with Gasteiger partial charge in [0.15, 0.2) is 0 Å². The third-order valence-electron chi connectivity index (χ3n) is 4.95. The molecule has 3 aromatic carbocycles. The van der Waals surface area contributed by atoms with E-state index in [4.69, 9.17) is 18.3 Å². The van der Waals surface area contributed by atoms with Gasteiger partial charge < -0.3 is 18.3 Å². The van der Waals surface area contributed by atoms with E-state index in [2.05, 4.69) is 0 Å². The SMILES string of the molecule is O=C(Oc1ccc2c(=O)c(Oc3ccc4ccccc4c3)c(C(F)(F)F)oc2c1)c1ccco1. The lowest BCUT2D eigenvalue weighted by Gasteiger charge is -2.14.